The van der Waals surface area contributed by atoms with E-state index in [1.165, 1.54) is 17.0 Å². The van der Waals surface area contributed by atoms with Gasteiger partial charge in [0.25, 0.3) is 11.1 Å². The summed E-state index contributed by atoms with van der Waals surface area (Å²) in [5, 5.41) is 1.16. The van der Waals surface area contributed by atoms with Gasteiger partial charge in [-0.2, -0.15) is 8.42 Å². The Morgan fingerprint density at radius 2 is 1.49 bits per heavy atom. The van der Waals surface area contributed by atoms with Gasteiger partial charge < -0.3 is 4.18 Å². The monoisotopic (exact) mass is 529 g/mol. The molecule has 0 atom stereocenters. The number of amides is 2. The molecular weight excluding hydrogens is 506 g/mol. The van der Waals surface area contributed by atoms with Gasteiger partial charge in [0.2, 0.25) is 0 Å². The summed E-state index contributed by atoms with van der Waals surface area (Å²) in [6.45, 7) is 3.99. The summed E-state index contributed by atoms with van der Waals surface area (Å²) < 4.78 is 31.7. The molecule has 1 heterocycles. The van der Waals surface area contributed by atoms with Gasteiger partial charge in [0.05, 0.1) is 11.4 Å². The van der Waals surface area contributed by atoms with Gasteiger partial charge in [0, 0.05) is 5.56 Å². The Balaban J connectivity index is 1.53. The Hall–Kier alpha value is -3.88. The Kier molecular flexibility index (Phi) is 6.62. The van der Waals surface area contributed by atoms with Crippen molar-refractivity contribution in [3.63, 3.8) is 0 Å². The van der Waals surface area contributed by atoms with Crippen LogP contribution in [-0.2, 0) is 21.5 Å². The van der Waals surface area contributed by atoms with Crippen LogP contribution in [0, 0.1) is 13.8 Å². The van der Waals surface area contributed by atoms with Gasteiger partial charge in [-0.1, -0.05) is 77.9 Å². The van der Waals surface area contributed by atoms with Crippen LogP contribution in [0.5, 0.6) is 5.75 Å². The van der Waals surface area contributed by atoms with E-state index in [1.807, 2.05) is 62.4 Å². The molecule has 1 saturated heterocycles. The average molecular weight is 530 g/mol. The van der Waals surface area contributed by atoms with E-state index in [1.54, 1.807) is 30.3 Å². The van der Waals surface area contributed by atoms with Crippen LogP contribution in [0.4, 0.5) is 4.79 Å². The van der Waals surface area contributed by atoms with Gasteiger partial charge in [-0.05, 0) is 66.2 Å². The second kappa shape index (κ2) is 9.88. The van der Waals surface area contributed by atoms with E-state index in [0.717, 1.165) is 33.8 Å². The van der Waals surface area contributed by atoms with Crippen LogP contribution in [0.15, 0.2) is 94.7 Å². The summed E-state index contributed by atoms with van der Waals surface area (Å²) in [5.41, 5.74) is 3.26. The molecule has 5 rings (SSSR count). The van der Waals surface area contributed by atoms with Crippen molar-refractivity contribution in [3.8, 4) is 5.75 Å². The second-order valence-electron chi connectivity index (χ2n) is 8.80. The quantitative estimate of drug-likeness (QED) is 0.211. The molecule has 0 aliphatic carbocycles. The van der Waals surface area contributed by atoms with Gasteiger partial charge in [0.1, 0.15) is 4.90 Å². The third-order valence-corrected chi connectivity index (χ3v) is 8.21. The Bertz CT molecular complexity index is 1660. The smallest absolute Gasteiger partial charge is 0.339 e. The normalized spacial score (nSPS) is 15.1. The first-order chi connectivity index (χ1) is 17.7. The number of fused-ring (bicyclic) bond motifs is 1. The van der Waals surface area contributed by atoms with Crippen molar-refractivity contribution < 1.29 is 22.2 Å². The highest BCUT2D eigenvalue weighted by Gasteiger charge is 2.35. The molecule has 6 nitrogen and oxygen atoms in total. The van der Waals surface area contributed by atoms with Crippen molar-refractivity contribution in [3.05, 3.63) is 112 Å². The molecule has 4 aromatic carbocycles. The third kappa shape index (κ3) is 5.16. The molecule has 0 unspecified atom stereocenters. The van der Waals surface area contributed by atoms with Crippen LogP contribution >= 0.6 is 11.8 Å². The lowest BCUT2D eigenvalue weighted by Gasteiger charge is -2.13. The van der Waals surface area contributed by atoms with E-state index < -0.39 is 16.0 Å². The number of carbonyl (C=O) groups is 2. The van der Waals surface area contributed by atoms with E-state index in [2.05, 4.69) is 0 Å². The first kappa shape index (κ1) is 24.8. The predicted molar refractivity (Wildman–Crippen MR) is 146 cm³/mol. The molecule has 186 valence electrons. The molecule has 0 spiro atoms. The Morgan fingerprint density at radius 1 is 0.838 bits per heavy atom. The number of imide groups is 1. The minimum absolute atomic E-state index is 0.0237. The topological polar surface area (TPSA) is 80.8 Å². The largest absolute Gasteiger partial charge is 0.378 e. The molecule has 2 amide bonds. The van der Waals surface area contributed by atoms with E-state index in [-0.39, 0.29) is 27.3 Å². The van der Waals surface area contributed by atoms with E-state index >= 15 is 0 Å². The summed E-state index contributed by atoms with van der Waals surface area (Å²) in [5.74, 6) is -0.361. The molecule has 1 fully saturated rings. The summed E-state index contributed by atoms with van der Waals surface area (Å²) in [6, 6.07) is 24.7. The zero-order valence-corrected chi connectivity index (χ0v) is 21.8. The molecule has 37 heavy (non-hydrogen) atoms. The molecule has 4 aromatic rings. The lowest BCUT2D eigenvalue weighted by Crippen LogP contribution is -2.27. The summed E-state index contributed by atoms with van der Waals surface area (Å²) in [4.78, 5) is 27.4. The third-order valence-electron chi connectivity index (χ3n) is 6.05. The zero-order valence-electron chi connectivity index (χ0n) is 20.2. The first-order valence-corrected chi connectivity index (χ1v) is 13.8. The zero-order chi connectivity index (χ0) is 26.2. The van der Waals surface area contributed by atoms with Crippen molar-refractivity contribution in [1.29, 1.82) is 0 Å². The van der Waals surface area contributed by atoms with Gasteiger partial charge in [-0.15, -0.1) is 0 Å². The predicted octanol–water partition coefficient (Wildman–Crippen LogP) is 6.46. The fourth-order valence-corrected chi connectivity index (χ4v) is 5.78. The number of thioether (sulfide) groups is 1. The summed E-state index contributed by atoms with van der Waals surface area (Å²) in [7, 11) is -4.13. The van der Waals surface area contributed by atoms with E-state index in [9.17, 15) is 18.0 Å². The SMILES string of the molecule is Cc1ccc(CN2C(=O)S/C(=C\c3c(OS(=O)(=O)c4ccc(C)cc4)ccc4ccccc34)C2=O)cc1. The number of benzene rings is 4. The fraction of sp³-hybridized carbons (Fsp3) is 0.103. The molecule has 1 aliphatic heterocycles. The maximum Gasteiger partial charge on any atom is 0.339 e. The summed E-state index contributed by atoms with van der Waals surface area (Å²) >= 11 is 0.826. The lowest BCUT2D eigenvalue weighted by atomic mass is 10.0. The van der Waals surface area contributed by atoms with Crippen molar-refractivity contribution >= 4 is 49.9 Å². The number of rotatable bonds is 6. The molecule has 8 heteroatoms. The van der Waals surface area contributed by atoms with Crippen molar-refractivity contribution in [2.75, 3.05) is 0 Å². The van der Waals surface area contributed by atoms with Crippen molar-refractivity contribution in [2.24, 2.45) is 0 Å². The van der Waals surface area contributed by atoms with E-state index in [0.29, 0.717) is 10.9 Å². The maximum absolute atomic E-state index is 13.2. The second-order valence-corrected chi connectivity index (χ2v) is 11.3. The van der Waals surface area contributed by atoms with Crippen LogP contribution in [0.25, 0.3) is 16.8 Å². The van der Waals surface area contributed by atoms with Crippen molar-refractivity contribution in [2.45, 2.75) is 25.3 Å². The van der Waals surface area contributed by atoms with Gasteiger partial charge >= 0.3 is 10.1 Å². The van der Waals surface area contributed by atoms with Crippen LogP contribution in [-0.4, -0.2) is 24.5 Å². The molecule has 0 aromatic heterocycles. The number of hydrogen-bond donors (Lipinski definition) is 0. The number of carbonyl (C=O) groups excluding carboxylic acids is 2. The van der Waals surface area contributed by atoms with Crippen LogP contribution in [0.2, 0.25) is 0 Å². The number of hydrogen-bond acceptors (Lipinski definition) is 6. The fourth-order valence-electron chi connectivity index (χ4n) is 4.01. The van der Waals surface area contributed by atoms with Crippen LogP contribution < -0.4 is 4.18 Å². The minimum Gasteiger partial charge on any atom is -0.378 e. The molecule has 1 aliphatic rings. The van der Waals surface area contributed by atoms with Crippen molar-refractivity contribution in [1.82, 2.24) is 4.90 Å². The van der Waals surface area contributed by atoms with Gasteiger partial charge in [-0.25, -0.2) is 0 Å². The molecule has 0 N–H and O–H groups in total. The minimum atomic E-state index is -4.13. The Labute approximate surface area is 219 Å². The van der Waals surface area contributed by atoms with Crippen LogP contribution in [0.1, 0.15) is 22.3 Å². The molecule has 0 radical (unpaired) electrons. The van der Waals surface area contributed by atoms with Gasteiger partial charge in [0.15, 0.2) is 5.75 Å². The highest BCUT2D eigenvalue weighted by atomic mass is 32.2. The number of nitrogens with zero attached hydrogens (tertiary/aromatic N) is 1. The average Bonchev–Trinajstić information content (AvgIpc) is 3.14. The van der Waals surface area contributed by atoms with Gasteiger partial charge in [-0.3, -0.25) is 14.5 Å². The van der Waals surface area contributed by atoms with E-state index in [4.69, 9.17) is 4.18 Å². The molecule has 0 bridgehead atoms. The number of aryl methyl sites for hydroxylation is 2. The summed E-state index contributed by atoms with van der Waals surface area (Å²) in [6.07, 6.45) is 1.54. The standard InChI is InChI=1S/C29H23NO5S2/c1-19-7-11-21(12-8-19)18-30-28(31)27(36-29(30)32)17-25-24-6-4-3-5-22(24)13-16-26(25)35-37(33,34)23-14-9-20(2)10-15-23/h3-17H,18H2,1-2H3/b27-17-. The first-order valence-electron chi connectivity index (χ1n) is 11.5. The highest BCUT2D eigenvalue weighted by molar-refractivity contribution is 8.18. The molecule has 0 saturated carbocycles. The Morgan fingerprint density at radius 3 is 2.19 bits per heavy atom. The highest BCUT2D eigenvalue weighted by Crippen LogP contribution is 2.38. The van der Waals surface area contributed by atoms with Crippen LogP contribution in [0.3, 0.4) is 0 Å². The molecular formula is C29H23NO5S2. The maximum atomic E-state index is 13.2. The lowest BCUT2D eigenvalue weighted by molar-refractivity contribution is -0.123.